The van der Waals surface area contributed by atoms with Crippen LogP contribution in [0, 0.1) is 0 Å². The number of amides is 1. The van der Waals surface area contributed by atoms with E-state index < -0.39 is 11.7 Å². The molecule has 0 bridgehead atoms. The molecule has 3 heterocycles. The molecular weight excluding hydrogens is 415 g/mol. The summed E-state index contributed by atoms with van der Waals surface area (Å²) in [6, 6.07) is 6.86. The van der Waals surface area contributed by atoms with Crippen LogP contribution in [0.3, 0.4) is 0 Å². The molecule has 1 atom stereocenters. The summed E-state index contributed by atoms with van der Waals surface area (Å²) in [5.74, 6) is 0.222. The summed E-state index contributed by atoms with van der Waals surface area (Å²) in [6.45, 7) is 1.92. The number of halogens is 3. The van der Waals surface area contributed by atoms with Crippen LogP contribution >= 0.6 is 11.3 Å². The number of hydrogen-bond acceptors (Lipinski definition) is 6. The van der Waals surface area contributed by atoms with E-state index in [2.05, 4.69) is 25.2 Å². The van der Waals surface area contributed by atoms with E-state index in [0.717, 1.165) is 30.7 Å². The van der Waals surface area contributed by atoms with Gasteiger partial charge in [0.05, 0.1) is 5.56 Å². The Morgan fingerprint density at radius 3 is 2.63 bits per heavy atom. The van der Waals surface area contributed by atoms with E-state index in [4.69, 9.17) is 0 Å². The van der Waals surface area contributed by atoms with Gasteiger partial charge < -0.3 is 5.32 Å². The summed E-state index contributed by atoms with van der Waals surface area (Å²) in [6.07, 6.45) is -0.324. The first-order chi connectivity index (χ1) is 14.4. The van der Waals surface area contributed by atoms with E-state index in [1.807, 2.05) is 0 Å². The van der Waals surface area contributed by atoms with E-state index in [1.54, 1.807) is 23.8 Å². The largest absolute Gasteiger partial charge is 0.416 e. The number of carbonyl (C=O) groups excluding carboxylic acids is 1. The molecule has 0 aliphatic carbocycles. The third-order valence-corrected chi connectivity index (χ3v) is 5.63. The number of benzene rings is 1. The highest BCUT2D eigenvalue weighted by Crippen LogP contribution is 2.29. The highest BCUT2D eigenvalue weighted by molar-refractivity contribution is 7.13. The second kappa shape index (κ2) is 8.49. The number of alkyl halides is 3. The predicted octanol–water partition coefficient (Wildman–Crippen LogP) is 3.62. The lowest BCUT2D eigenvalue weighted by molar-refractivity contribution is -0.137. The van der Waals surface area contributed by atoms with Crippen molar-refractivity contribution in [1.29, 1.82) is 0 Å². The Hall–Kier alpha value is -2.85. The zero-order chi connectivity index (χ0) is 21.1. The molecule has 1 aliphatic heterocycles. The molecule has 10 heteroatoms. The molecule has 1 aliphatic rings. The Balaban J connectivity index is 1.31. The number of likely N-dealkylation sites (tertiary alicyclic amines) is 1. The molecule has 1 N–H and O–H groups in total. The molecule has 3 aromatic rings. The molecule has 4 rings (SSSR count). The number of nitrogens with one attached hydrogen (secondary N) is 1. The van der Waals surface area contributed by atoms with E-state index in [1.165, 1.54) is 23.5 Å². The van der Waals surface area contributed by atoms with Crippen molar-refractivity contribution in [3.8, 4) is 10.8 Å². The van der Waals surface area contributed by atoms with Gasteiger partial charge in [0.2, 0.25) is 0 Å². The monoisotopic (exact) mass is 433 g/mol. The fourth-order valence-electron chi connectivity index (χ4n) is 3.30. The molecule has 1 fully saturated rings. The van der Waals surface area contributed by atoms with Crippen molar-refractivity contribution in [2.45, 2.75) is 25.2 Å². The maximum absolute atomic E-state index is 12.7. The lowest BCUT2D eigenvalue weighted by Crippen LogP contribution is -2.37. The molecule has 156 valence electrons. The fourth-order valence-corrected chi connectivity index (χ4v) is 4.05. The number of carbonyl (C=O) groups is 1. The molecule has 2 aromatic heterocycles. The van der Waals surface area contributed by atoms with E-state index >= 15 is 0 Å². The van der Waals surface area contributed by atoms with E-state index in [-0.39, 0.29) is 11.9 Å². The van der Waals surface area contributed by atoms with Crippen LogP contribution in [0.25, 0.3) is 10.8 Å². The topological polar surface area (TPSA) is 71.0 Å². The highest BCUT2D eigenvalue weighted by Gasteiger charge is 2.30. The zero-order valence-electron chi connectivity index (χ0n) is 15.8. The Kier molecular flexibility index (Phi) is 5.78. The fraction of sp³-hybridized carbons (Fsp3) is 0.300. The molecule has 0 saturated carbocycles. The highest BCUT2D eigenvalue weighted by atomic mass is 32.1. The second-order valence-corrected chi connectivity index (χ2v) is 7.86. The van der Waals surface area contributed by atoms with Crippen molar-refractivity contribution in [1.82, 2.24) is 25.2 Å². The summed E-state index contributed by atoms with van der Waals surface area (Å²) in [4.78, 5) is 27.2. The van der Waals surface area contributed by atoms with Crippen LogP contribution in [0.15, 0.2) is 48.1 Å². The Morgan fingerprint density at radius 1 is 1.20 bits per heavy atom. The Bertz CT molecular complexity index is 1010. The van der Waals surface area contributed by atoms with Gasteiger partial charge in [-0.2, -0.15) is 13.2 Å². The van der Waals surface area contributed by atoms with Gasteiger partial charge >= 0.3 is 6.18 Å². The van der Waals surface area contributed by atoms with Crippen molar-refractivity contribution >= 4 is 17.2 Å². The molecule has 30 heavy (non-hydrogen) atoms. The lowest BCUT2D eigenvalue weighted by atomic mass is 10.1. The first kappa shape index (κ1) is 20.4. The van der Waals surface area contributed by atoms with E-state index in [9.17, 15) is 18.0 Å². The number of nitrogens with zero attached hydrogens (tertiary/aromatic N) is 4. The van der Waals surface area contributed by atoms with Gasteiger partial charge in [0.1, 0.15) is 5.69 Å². The van der Waals surface area contributed by atoms with E-state index in [0.29, 0.717) is 29.6 Å². The average molecular weight is 433 g/mol. The second-order valence-electron chi connectivity index (χ2n) is 7.00. The van der Waals surface area contributed by atoms with Crippen molar-refractivity contribution in [2.75, 3.05) is 13.1 Å². The molecule has 1 saturated heterocycles. The summed E-state index contributed by atoms with van der Waals surface area (Å²) < 4.78 is 38.0. The van der Waals surface area contributed by atoms with Crippen molar-refractivity contribution in [3.05, 3.63) is 64.9 Å². The van der Waals surface area contributed by atoms with Gasteiger partial charge in [0.25, 0.3) is 5.91 Å². The standard InChI is InChI=1S/C20H18F3N5OS/c21-20(22,23)14-4-2-13(3-5-14)10-28-9-6-15(11-28)26-18(29)16-12-30-19(27-16)17-24-7-1-8-25-17/h1-5,7-8,12,15H,6,9-11H2,(H,26,29). The predicted molar refractivity (Wildman–Crippen MR) is 106 cm³/mol. The molecule has 1 unspecified atom stereocenters. The molecule has 6 nitrogen and oxygen atoms in total. The first-order valence-corrected chi connectivity index (χ1v) is 10.2. The third-order valence-electron chi connectivity index (χ3n) is 4.79. The maximum atomic E-state index is 12.7. The van der Waals surface area contributed by atoms with Crippen LogP contribution in [0.5, 0.6) is 0 Å². The normalized spacial score (nSPS) is 17.2. The lowest BCUT2D eigenvalue weighted by Gasteiger charge is -2.17. The third kappa shape index (κ3) is 4.82. The molecule has 0 radical (unpaired) electrons. The Labute approximate surface area is 174 Å². The molecule has 1 aromatic carbocycles. The van der Waals surface area contributed by atoms with Crippen LogP contribution in [-0.2, 0) is 12.7 Å². The maximum Gasteiger partial charge on any atom is 0.416 e. The van der Waals surface area contributed by atoms with Gasteiger partial charge in [0.15, 0.2) is 10.8 Å². The SMILES string of the molecule is O=C(NC1CCN(Cc2ccc(C(F)(F)F)cc2)C1)c1csc(-c2ncccn2)n1. The number of hydrogen-bond donors (Lipinski definition) is 1. The quantitative estimate of drug-likeness (QED) is 0.666. The average Bonchev–Trinajstić information content (AvgIpc) is 3.38. The van der Waals surface area contributed by atoms with Crippen molar-refractivity contribution in [2.24, 2.45) is 0 Å². The summed E-state index contributed by atoms with van der Waals surface area (Å²) in [5, 5.41) is 5.23. The van der Waals surface area contributed by atoms with Gasteiger partial charge in [-0.1, -0.05) is 12.1 Å². The number of thiazole rings is 1. The molecule has 1 amide bonds. The van der Waals surface area contributed by atoms with Gasteiger partial charge in [-0.15, -0.1) is 11.3 Å². The van der Waals surface area contributed by atoms with Crippen LogP contribution in [-0.4, -0.2) is 44.9 Å². The minimum absolute atomic E-state index is 0.0370. The Morgan fingerprint density at radius 2 is 1.93 bits per heavy atom. The van der Waals surface area contributed by atoms with Crippen molar-refractivity contribution in [3.63, 3.8) is 0 Å². The number of aromatic nitrogens is 3. The van der Waals surface area contributed by atoms with Crippen LogP contribution in [0.4, 0.5) is 13.2 Å². The number of rotatable bonds is 5. The zero-order valence-corrected chi connectivity index (χ0v) is 16.6. The van der Waals surface area contributed by atoms with Gasteiger partial charge in [-0.05, 0) is 30.2 Å². The van der Waals surface area contributed by atoms with Gasteiger partial charge in [-0.3, -0.25) is 9.69 Å². The van der Waals surface area contributed by atoms with Gasteiger partial charge in [0, 0.05) is 43.4 Å². The molecular formula is C20H18F3N5OS. The van der Waals surface area contributed by atoms with Crippen molar-refractivity contribution < 1.29 is 18.0 Å². The first-order valence-electron chi connectivity index (χ1n) is 9.31. The minimum atomic E-state index is -4.33. The van der Waals surface area contributed by atoms with Gasteiger partial charge in [-0.25, -0.2) is 15.0 Å². The van der Waals surface area contributed by atoms with Crippen LogP contribution in [0.1, 0.15) is 28.0 Å². The summed E-state index contributed by atoms with van der Waals surface area (Å²) in [7, 11) is 0. The van der Waals surface area contributed by atoms with Crippen LogP contribution in [0.2, 0.25) is 0 Å². The smallest absolute Gasteiger partial charge is 0.347 e. The summed E-state index contributed by atoms with van der Waals surface area (Å²) >= 11 is 1.31. The van der Waals surface area contributed by atoms with Crippen LogP contribution < -0.4 is 5.32 Å². The minimum Gasteiger partial charge on any atom is -0.347 e. The molecule has 0 spiro atoms. The summed E-state index contributed by atoms with van der Waals surface area (Å²) in [5.41, 5.74) is 0.479.